The van der Waals surface area contributed by atoms with Gasteiger partial charge in [-0.2, -0.15) is 0 Å². The van der Waals surface area contributed by atoms with Crippen molar-refractivity contribution in [2.24, 2.45) is 0 Å². The number of hydrogen-bond acceptors (Lipinski definition) is 3. The summed E-state index contributed by atoms with van der Waals surface area (Å²) in [7, 11) is 3.88. The van der Waals surface area contributed by atoms with E-state index in [0.29, 0.717) is 6.42 Å². The molecule has 0 radical (unpaired) electrons. The van der Waals surface area contributed by atoms with Crippen LogP contribution >= 0.6 is 0 Å². The topological polar surface area (TPSA) is 52.6 Å². The summed E-state index contributed by atoms with van der Waals surface area (Å²) in [6.45, 7) is 0.868. The molecule has 0 bridgehead atoms. The average molecular weight is 146 g/mol. The number of hydroxylamine groups is 1. The number of carbonyl (C=O) groups is 1. The number of rotatable bonds is 4. The van der Waals surface area contributed by atoms with Crippen molar-refractivity contribution in [3.8, 4) is 0 Å². The van der Waals surface area contributed by atoms with Gasteiger partial charge in [-0.15, -0.1) is 0 Å². The molecule has 0 aromatic rings. The fourth-order valence-electron chi connectivity index (χ4n) is 0.612. The van der Waals surface area contributed by atoms with E-state index in [2.05, 4.69) is 0 Å². The Balaban J connectivity index is 3.12. The minimum Gasteiger partial charge on any atom is -0.309 e. The Bertz CT molecular complexity index is 104. The van der Waals surface area contributed by atoms with E-state index < -0.39 is 0 Å². The van der Waals surface area contributed by atoms with E-state index in [1.165, 1.54) is 0 Å². The fourth-order valence-corrected chi connectivity index (χ4v) is 0.612. The molecule has 0 saturated carbocycles. The Morgan fingerprint density at radius 3 is 2.60 bits per heavy atom. The van der Waals surface area contributed by atoms with Crippen molar-refractivity contribution in [1.29, 1.82) is 0 Å². The molecule has 0 atom stereocenters. The molecule has 0 heterocycles. The first kappa shape index (κ1) is 9.39. The van der Waals surface area contributed by atoms with Crippen LogP contribution in [0.1, 0.15) is 12.8 Å². The quantitative estimate of drug-likeness (QED) is 0.428. The van der Waals surface area contributed by atoms with Crippen LogP contribution in [0.4, 0.5) is 0 Å². The summed E-state index contributed by atoms with van der Waals surface area (Å²) in [5.41, 5.74) is 1.58. The van der Waals surface area contributed by atoms with Crippen molar-refractivity contribution in [2.75, 3.05) is 20.6 Å². The first-order chi connectivity index (χ1) is 4.66. The fraction of sp³-hybridized carbons (Fsp3) is 0.833. The molecule has 0 aliphatic carbocycles. The minimum absolute atomic E-state index is 0.318. The van der Waals surface area contributed by atoms with Crippen LogP contribution in [0, 0.1) is 0 Å². The molecule has 2 N–H and O–H groups in total. The van der Waals surface area contributed by atoms with Crippen molar-refractivity contribution < 1.29 is 10.0 Å². The van der Waals surface area contributed by atoms with Crippen molar-refractivity contribution in [2.45, 2.75) is 12.8 Å². The summed E-state index contributed by atoms with van der Waals surface area (Å²) >= 11 is 0. The van der Waals surface area contributed by atoms with Crippen molar-refractivity contribution in [3.63, 3.8) is 0 Å². The van der Waals surface area contributed by atoms with Crippen molar-refractivity contribution in [3.05, 3.63) is 0 Å². The molecule has 0 aromatic heterocycles. The third-order valence-electron chi connectivity index (χ3n) is 1.13. The van der Waals surface area contributed by atoms with Gasteiger partial charge in [-0.25, -0.2) is 5.48 Å². The van der Waals surface area contributed by atoms with Gasteiger partial charge < -0.3 is 4.90 Å². The summed E-state index contributed by atoms with van der Waals surface area (Å²) in [6, 6.07) is 0. The molecule has 1 amide bonds. The van der Waals surface area contributed by atoms with Crippen LogP contribution in [0.2, 0.25) is 0 Å². The van der Waals surface area contributed by atoms with E-state index in [1.807, 2.05) is 19.0 Å². The maximum absolute atomic E-state index is 10.4. The molecular weight excluding hydrogens is 132 g/mol. The molecule has 0 aliphatic heterocycles. The molecule has 0 saturated heterocycles. The molecular formula is C6H14N2O2. The van der Waals surface area contributed by atoms with Gasteiger partial charge in [-0.3, -0.25) is 10.0 Å². The van der Waals surface area contributed by atoms with Crippen LogP contribution in [-0.2, 0) is 4.79 Å². The van der Waals surface area contributed by atoms with Crippen LogP contribution in [-0.4, -0.2) is 36.7 Å². The van der Waals surface area contributed by atoms with Gasteiger partial charge in [0.1, 0.15) is 0 Å². The highest BCUT2D eigenvalue weighted by Gasteiger charge is 1.97. The van der Waals surface area contributed by atoms with Gasteiger partial charge in [0.2, 0.25) is 5.91 Å². The van der Waals surface area contributed by atoms with E-state index in [-0.39, 0.29) is 5.91 Å². The number of carbonyl (C=O) groups excluding carboxylic acids is 1. The SMILES string of the molecule is CN(C)CCCC(=O)NO. The second-order valence-corrected chi connectivity index (χ2v) is 2.44. The second kappa shape index (κ2) is 5.20. The highest BCUT2D eigenvalue weighted by Crippen LogP contribution is 1.89. The van der Waals surface area contributed by atoms with Gasteiger partial charge in [-0.1, -0.05) is 0 Å². The molecule has 60 valence electrons. The molecule has 0 fully saturated rings. The van der Waals surface area contributed by atoms with Crippen LogP contribution in [0.3, 0.4) is 0 Å². The van der Waals surface area contributed by atoms with E-state index >= 15 is 0 Å². The van der Waals surface area contributed by atoms with Gasteiger partial charge in [-0.05, 0) is 27.1 Å². The molecule has 0 rings (SSSR count). The summed E-state index contributed by atoms with van der Waals surface area (Å²) in [5.74, 6) is -0.318. The van der Waals surface area contributed by atoms with E-state index in [9.17, 15) is 4.79 Å². The normalized spacial score (nSPS) is 10.0. The zero-order valence-electron chi connectivity index (χ0n) is 6.42. The van der Waals surface area contributed by atoms with Crippen LogP contribution in [0.5, 0.6) is 0 Å². The van der Waals surface area contributed by atoms with Crippen LogP contribution in [0.25, 0.3) is 0 Å². The lowest BCUT2D eigenvalue weighted by molar-refractivity contribution is -0.129. The van der Waals surface area contributed by atoms with Crippen LogP contribution in [0.15, 0.2) is 0 Å². The zero-order valence-corrected chi connectivity index (χ0v) is 6.42. The molecule has 0 unspecified atom stereocenters. The van der Waals surface area contributed by atoms with Gasteiger partial charge >= 0.3 is 0 Å². The summed E-state index contributed by atoms with van der Waals surface area (Å²) < 4.78 is 0. The van der Waals surface area contributed by atoms with Gasteiger partial charge in [0.15, 0.2) is 0 Å². The van der Waals surface area contributed by atoms with E-state index in [0.717, 1.165) is 13.0 Å². The number of nitrogens with one attached hydrogen (secondary N) is 1. The maximum atomic E-state index is 10.4. The smallest absolute Gasteiger partial charge is 0.243 e. The Morgan fingerprint density at radius 2 is 2.20 bits per heavy atom. The lowest BCUT2D eigenvalue weighted by atomic mass is 10.3. The van der Waals surface area contributed by atoms with E-state index in [4.69, 9.17) is 5.21 Å². The Labute approximate surface area is 60.8 Å². The molecule has 0 aliphatic rings. The third-order valence-corrected chi connectivity index (χ3v) is 1.13. The highest BCUT2D eigenvalue weighted by atomic mass is 16.5. The second-order valence-electron chi connectivity index (χ2n) is 2.44. The summed E-state index contributed by atoms with van der Waals surface area (Å²) in [6.07, 6.45) is 1.16. The van der Waals surface area contributed by atoms with Gasteiger partial charge in [0.25, 0.3) is 0 Å². The number of nitrogens with zero attached hydrogens (tertiary/aromatic N) is 1. The van der Waals surface area contributed by atoms with Crippen LogP contribution < -0.4 is 5.48 Å². The largest absolute Gasteiger partial charge is 0.309 e. The first-order valence-corrected chi connectivity index (χ1v) is 3.24. The number of hydrogen-bond donors (Lipinski definition) is 2. The third kappa shape index (κ3) is 5.53. The van der Waals surface area contributed by atoms with Crippen molar-refractivity contribution in [1.82, 2.24) is 10.4 Å². The predicted octanol–water partition coefficient (Wildman–Crippen LogP) is -0.166. The monoisotopic (exact) mass is 146 g/mol. The molecule has 10 heavy (non-hydrogen) atoms. The number of amides is 1. The lowest BCUT2D eigenvalue weighted by Gasteiger charge is -2.07. The predicted molar refractivity (Wildman–Crippen MR) is 37.7 cm³/mol. The minimum atomic E-state index is -0.318. The highest BCUT2D eigenvalue weighted by molar-refractivity contribution is 5.74. The Hall–Kier alpha value is -0.610. The molecule has 4 nitrogen and oxygen atoms in total. The van der Waals surface area contributed by atoms with Gasteiger partial charge in [0.05, 0.1) is 0 Å². The molecule has 4 heteroatoms. The summed E-state index contributed by atoms with van der Waals surface area (Å²) in [4.78, 5) is 12.4. The lowest BCUT2D eigenvalue weighted by Crippen LogP contribution is -2.20. The van der Waals surface area contributed by atoms with Crippen molar-refractivity contribution >= 4 is 5.91 Å². The summed E-state index contributed by atoms with van der Waals surface area (Å²) in [5, 5.41) is 8.09. The Morgan fingerprint density at radius 1 is 1.60 bits per heavy atom. The standard InChI is InChI=1S/C6H14N2O2/c1-8(2)5-3-4-6(9)7-10/h10H,3-5H2,1-2H3,(H,7,9). The van der Waals surface area contributed by atoms with E-state index in [1.54, 1.807) is 5.48 Å². The van der Waals surface area contributed by atoms with Gasteiger partial charge in [0, 0.05) is 6.42 Å². The maximum Gasteiger partial charge on any atom is 0.243 e. The average Bonchev–Trinajstić information content (AvgIpc) is 1.87. The Kier molecular flexibility index (Phi) is 4.88. The zero-order chi connectivity index (χ0) is 7.98. The molecule has 0 aromatic carbocycles. The molecule has 0 spiro atoms. The first-order valence-electron chi connectivity index (χ1n) is 3.24.